The van der Waals surface area contributed by atoms with Gasteiger partial charge in [-0.3, -0.25) is 0 Å². The molecule has 0 radical (unpaired) electrons. The molecule has 0 heterocycles. The molecule has 0 aromatic heterocycles. The van der Waals surface area contributed by atoms with Gasteiger partial charge in [-0.1, -0.05) is 36.4 Å². The Bertz CT molecular complexity index is 866. The van der Waals surface area contributed by atoms with Crippen LogP contribution in [-0.2, 0) is 22.5 Å². The quantitative estimate of drug-likeness (QED) is 0.359. The van der Waals surface area contributed by atoms with Crippen LogP contribution in [0.15, 0.2) is 72.8 Å². The van der Waals surface area contributed by atoms with Crippen LogP contribution >= 0.6 is 0 Å². The maximum atomic E-state index is 5.86. The summed E-state index contributed by atoms with van der Waals surface area (Å²) in [6.07, 6.45) is 0.788. The molecule has 0 bridgehead atoms. The van der Waals surface area contributed by atoms with Crippen LogP contribution in [0.4, 0.5) is 11.4 Å². The highest BCUT2D eigenvalue weighted by molar-refractivity contribution is 5.65. The van der Waals surface area contributed by atoms with E-state index in [1.54, 1.807) is 14.2 Å². The fourth-order valence-corrected chi connectivity index (χ4v) is 2.88. The summed E-state index contributed by atoms with van der Waals surface area (Å²) >= 11 is 0. The van der Waals surface area contributed by atoms with Gasteiger partial charge in [0, 0.05) is 24.6 Å². The molecular formula is C24H27NO4. The van der Waals surface area contributed by atoms with Gasteiger partial charge in [0.15, 0.2) is 6.79 Å². The van der Waals surface area contributed by atoms with Crippen molar-refractivity contribution < 1.29 is 18.9 Å². The minimum Gasteiger partial charge on any atom is -0.497 e. The van der Waals surface area contributed by atoms with Crippen molar-refractivity contribution in [1.82, 2.24) is 0 Å². The minimum atomic E-state index is 0.210. The molecule has 0 spiro atoms. The Hall–Kier alpha value is -3.02. The Morgan fingerprint density at radius 3 is 2.31 bits per heavy atom. The molecule has 0 unspecified atom stereocenters. The standard InChI is InChI=1S/C24H27NO4/c1-26-18-29-23-11-8-20(14-15-28-17-19-6-4-3-5-7-19)24(16-23)25-21-9-12-22(27-2)13-10-21/h3-13,16,25H,14-15,17-18H2,1-2H3. The van der Waals surface area contributed by atoms with Crippen LogP contribution < -0.4 is 14.8 Å². The van der Waals surface area contributed by atoms with Crippen molar-refractivity contribution in [1.29, 1.82) is 0 Å². The van der Waals surface area contributed by atoms with E-state index in [4.69, 9.17) is 18.9 Å². The van der Waals surface area contributed by atoms with Crippen LogP contribution in [0.3, 0.4) is 0 Å². The lowest BCUT2D eigenvalue weighted by atomic mass is 10.1. The molecule has 3 aromatic rings. The summed E-state index contributed by atoms with van der Waals surface area (Å²) in [6, 6.07) is 24.0. The zero-order valence-electron chi connectivity index (χ0n) is 16.9. The number of methoxy groups -OCH3 is 2. The Morgan fingerprint density at radius 2 is 1.59 bits per heavy atom. The van der Waals surface area contributed by atoms with E-state index in [-0.39, 0.29) is 6.79 Å². The normalized spacial score (nSPS) is 10.6. The van der Waals surface area contributed by atoms with Crippen molar-refractivity contribution in [2.24, 2.45) is 0 Å². The molecule has 0 atom stereocenters. The van der Waals surface area contributed by atoms with Gasteiger partial charge in [-0.2, -0.15) is 0 Å². The number of rotatable bonds is 11. The molecule has 0 fully saturated rings. The highest BCUT2D eigenvalue weighted by atomic mass is 16.7. The molecule has 3 rings (SSSR count). The maximum absolute atomic E-state index is 5.86. The zero-order chi connectivity index (χ0) is 20.3. The summed E-state index contributed by atoms with van der Waals surface area (Å²) in [7, 11) is 3.27. The van der Waals surface area contributed by atoms with Gasteiger partial charge < -0.3 is 24.3 Å². The van der Waals surface area contributed by atoms with Crippen LogP contribution in [0.2, 0.25) is 0 Å². The smallest absolute Gasteiger partial charge is 0.188 e. The summed E-state index contributed by atoms with van der Waals surface area (Å²) < 4.78 is 21.7. The van der Waals surface area contributed by atoms with Gasteiger partial charge in [-0.05, 0) is 47.9 Å². The zero-order valence-corrected chi connectivity index (χ0v) is 16.9. The molecule has 0 amide bonds. The van der Waals surface area contributed by atoms with Crippen LogP contribution in [-0.4, -0.2) is 27.6 Å². The molecule has 3 aromatic carbocycles. The highest BCUT2D eigenvalue weighted by Gasteiger charge is 2.07. The number of anilines is 2. The van der Waals surface area contributed by atoms with Crippen LogP contribution in [0.5, 0.6) is 11.5 Å². The lowest BCUT2D eigenvalue weighted by Crippen LogP contribution is -2.04. The summed E-state index contributed by atoms with van der Waals surface area (Å²) in [5.74, 6) is 1.57. The van der Waals surface area contributed by atoms with E-state index >= 15 is 0 Å². The molecule has 5 heteroatoms. The van der Waals surface area contributed by atoms with Crippen molar-refractivity contribution >= 4 is 11.4 Å². The first-order valence-electron chi connectivity index (χ1n) is 9.56. The second-order valence-electron chi connectivity index (χ2n) is 6.51. The third-order valence-electron chi connectivity index (χ3n) is 4.42. The van der Waals surface area contributed by atoms with Crippen molar-refractivity contribution in [2.75, 3.05) is 32.9 Å². The molecule has 0 aliphatic rings. The lowest BCUT2D eigenvalue weighted by Gasteiger charge is -2.15. The van der Waals surface area contributed by atoms with Gasteiger partial charge in [-0.15, -0.1) is 0 Å². The van der Waals surface area contributed by atoms with Crippen LogP contribution in [0.25, 0.3) is 0 Å². The van der Waals surface area contributed by atoms with E-state index in [0.717, 1.165) is 34.9 Å². The van der Waals surface area contributed by atoms with Gasteiger partial charge in [0.1, 0.15) is 11.5 Å². The van der Waals surface area contributed by atoms with E-state index in [9.17, 15) is 0 Å². The second-order valence-corrected chi connectivity index (χ2v) is 6.51. The molecule has 152 valence electrons. The molecule has 1 N–H and O–H groups in total. The second kappa shape index (κ2) is 11.1. The van der Waals surface area contributed by atoms with Gasteiger partial charge in [0.25, 0.3) is 0 Å². The Balaban J connectivity index is 1.66. The molecule has 0 aliphatic heterocycles. The number of hydrogen-bond acceptors (Lipinski definition) is 5. The van der Waals surface area contributed by atoms with Gasteiger partial charge >= 0.3 is 0 Å². The monoisotopic (exact) mass is 393 g/mol. The molecule has 29 heavy (non-hydrogen) atoms. The maximum Gasteiger partial charge on any atom is 0.188 e. The van der Waals surface area contributed by atoms with Crippen molar-refractivity contribution in [2.45, 2.75) is 13.0 Å². The summed E-state index contributed by atoms with van der Waals surface area (Å²) in [6.45, 7) is 1.45. The van der Waals surface area contributed by atoms with E-state index in [1.807, 2.05) is 54.6 Å². The molecular weight excluding hydrogens is 366 g/mol. The summed E-state index contributed by atoms with van der Waals surface area (Å²) in [5, 5.41) is 3.47. The predicted octanol–water partition coefficient (Wildman–Crippen LogP) is 5.18. The van der Waals surface area contributed by atoms with Gasteiger partial charge in [0.05, 0.1) is 20.3 Å². The fraction of sp³-hybridized carbons (Fsp3) is 0.250. The average Bonchev–Trinajstić information content (AvgIpc) is 2.77. The van der Waals surface area contributed by atoms with Crippen molar-refractivity contribution in [3.8, 4) is 11.5 Å². The molecule has 0 saturated heterocycles. The first kappa shape index (κ1) is 20.7. The van der Waals surface area contributed by atoms with E-state index in [1.165, 1.54) is 5.56 Å². The third kappa shape index (κ3) is 6.52. The molecule has 0 saturated carbocycles. The number of benzene rings is 3. The lowest BCUT2D eigenvalue weighted by molar-refractivity contribution is 0.0511. The molecule has 5 nitrogen and oxygen atoms in total. The van der Waals surface area contributed by atoms with E-state index < -0.39 is 0 Å². The van der Waals surface area contributed by atoms with E-state index in [2.05, 4.69) is 23.5 Å². The van der Waals surface area contributed by atoms with Crippen molar-refractivity contribution in [3.63, 3.8) is 0 Å². The third-order valence-corrected chi connectivity index (χ3v) is 4.42. The van der Waals surface area contributed by atoms with E-state index in [0.29, 0.717) is 13.2 Å². The Morgan fingerprint density at radius 1 is 0.828 bits per heavy atom. The van der Waals surface area contributed by atoms with Crippen LogP contribution in [0, 0.1) is 0 Å². The number of nitrogens with one attached hydrogen (secondary N) is 1. The number of hydrogen-bond donors (Lipinski definition) is 1. The predicted molar refractivity (Wildman–Crippen MR) is 115 cm³/mol. The first-order chi connectivity index (χ1) is 14.3. The topological polar surface area (TPSA) is 49.0 Å². The van der Waals surface area contributed by atoms with Crippen LogP contribution in [0.1, 0.15) is 11.1 Å². The number of ether oxygens (including phenoxy) is 4. The summed E-state index contributed by atoms with van der Waals surface area (Å²) in [4.78, 5) is 0. The largest absolute Gasteiger partial charge is 0.497 e. The molecule has 0 aliphatic carbocycles. The van der Waals surface area contributed by atoms with Gasteiger partial charge in [-0.25, -0.2) is 0 Å². The van der Waals surface area contributed by atoms with Gasteiger partial charge in [0.2, 0.25) is 0 Å². The Kier molecular flexibility index (Phi) is 7.92. The highest BCUT2D eigenvalue weighted by Crippen LogP contribution is 2.27. The Labute approximate surface area is 172 Å². The fourth-order valence-electron chi connectivity index (χ4n) is 2.88. The first-order valence-corrected chi connectivity index (χ1v) is 9.56. The van der Waals surface area contributed by atoms with Crippen molar-refractivity contribution in [3.05, 3.63) is 83.9 Å². The SMILES string of the molecule is COCOc1ccc(CCOCc2ccccc2)c(Nc2ccc(OC)cc2)c1. The summed E-state index contributed by atoms with van der Waals surface area (Å²) in [5.41, 5.74) is 4.28. The minimum absolute atomic E-state index is 0.210. The average molecular weight is 393 g/mol.